The van der Waals surface area contributed by atoms with E-state index in [9.17, 15) is 9.59 Å². The van der Waals surface area contributed by atoms with E-state index in [2.05, 4.69) is 10.5 Å². The lowest BCUT2D eigenvalue weighted by Gasteiger charge is -2.10. The quantitative estimate of drug-likeness (QED) is 0.544. The van der Waals surface area contributed by atoms with Crippen molar-refractivity contribution in [2.24, 2.45) is 5.10 Å². The molecule has 9 nitrogen and oxygen atoms in total. The van der Waals surface area contributed by atoms with Crippen molar-refractivity contribution in [1.29, 1.82) is 5.26 Å². The molecule has 0 unspecified atom stereocenters. The van der Waals surface area contributed by atoms with E-state index in [-0.39, 0.29) is 18.8 Å². The molecule has 1 aromatic heterocycles. The maximum absolute atomic E-state index is 11.1. The zero-order chi connectivity index (χ0) is 18.9. The van der Waals surface area contributed by atoms with E-state index in [1.54, 1.807) is 24.3 Å². The highest BCUT2D eigenvalue weighted by atomic mass is 16.5. The predicted molar refractivity (Wildman–Crippen MR) is 89.0 cm³/mol. The number of benzene rings is 1. The summed E-state index contributed by atoms with van der Waals surface area (Å²) < 4.78 is 15.9. The van der Waals surface area contributed by atoms with Crippen LogP contribution < -0.4 is 14.9 Å². The highest BCUT2D eigenvalue weighted by Gasteiger charge is 2.11. The first-order valence-electron chi connectivity index (χ1n) is 7.35. The molecule has 0 aliphatic carbocycles. The van der Waals surface area contributed by atoms with Crippen LogP contribution in [0.2, 0.25) is 0 Å². The van der Waals surface area contributed by atoms with Crippen LogP contribution in [0.15, 0.2) is 39.9 Å². The van der Waals surface area contributed by atoms with Gasteiger partial charge in [-0.15, -0.1) is 0 Å². The summed E-state index contributed by atoms with van der Waals surface area (Å²) in [6.07, 6.45) is 1.12. The van der Waals surface area contributed by atoms with Crippen LogP contribution in [0.1, 0.15) is 28.3 Å². The van der Waals surface area contributed by atoms with Gasteiger partial charge in [-0.2, -0.15) is 10.4 Å². The summed E-state index contributed by atoms with van der Waals surface area (Å²) in [5.41, 5.74) is 2.85. The number of aromatic carboxylic acids is 1. The van der Waals surface area contributed by atoms with Crippen LogP contribution in [0.3, 0.4) is 0 Å². The summed E-state index contributed by atoms with van der Waals surface area (Å²) in [6, 6.07) is 9.53. The summed E-state index contributed by atoms with van der Waals surface area (Å²) in [6.45, 7) is 0.0291. The number of ether oxygens (including phenoxy) is 2. The van der Waals surface area contributed by atoms with Gasteiger partial charge in [-0.3, -0.25) is 4.79 Å². The van der Waals surface area contributed by atoms with Gasteiger partial charge in [0.25, 0.3) is 5.91 Å². The Labute approximate surface area is 148 Å². The molecular weight excluding hydrogens is 342 g/mol. The van der Waals surface area contributed by atoms with Gasteiger partial charge < -0.3 is 19.0 Å². The molecule has 1 aromatic carbocycles. The lowest BCUT2D eigenvalue weighted by atomic mass is 10.2. The Morgan fingerprint density at radius 3 is 2.81 bits per heavy atom. The highest BCUT2D eigenvalue weighted by molar-refractivity contribution is 5.84. The van der Waals surface area contributed by atoms with Crippen molar-refractivity contribution in [3.63, 3.8) is 0 Å². The number of nitrogens with zero attached hydrogens (tertiary/aromatic N) is 2. The average molecular weight is 357 g/mol. The van der Waals surface area contributed by atoms with E-state index in [0.29, 0.717) is 22.8 Å². The van der Waals surface area contributed by atoms with Crippen molar-refractivity contribution in [3.05, 3.63) is 47.4 Å². The van der Waals surface area contributed by atoms with Crippen LogP contribution in [0.5, 0.6) is 11.5 Å². The van der Waals surface area contributed by atoms with Gasteiger partial charge in [0.15, 0.2) is 11.5 Å². The van der Waals surface area contributed by atoms with Gasteiger partial charge in [0.1, 0.15) is 18.8 Å². The first-order valence-corrected chi connectivity index (χ1v) is 7.35. The summed E-state index contributed by atoms with van der Waals surface area (Å²) >= 11 is 0. The summed E-state index contributed by atoms with van der Waals surface area (Å²) in [5, 5.41) is 20.9. The third-order valence-electron chi connectivity index (χ3n) is 3.07. The molecule has 0 fully saturated rings. The Hall–Kier alpha value is -3.80. The molecule has 2 N–H and O–H groups in total. The maximum atomic E-state index is 11.1. The van der Waals surface area contributed by atoms with E-state index in [0.717, 1.165) is 0 Å². The minimum atomic E-state index is -1.15. The number of carbonyl (C=O) groups is 2. The monoisotopic (exact) mass is 357 g/mol. The molecule has 0 saturated carbocycles. The Bertz CT molecular complexity index is 866. The van der Waals surface area contributed by atoms with Crippen molar-refractivity contribution in [2.75, 3.05) is 7.11 Å². The maximum Gasteiger partial charge on any atom is 0.371 e. The number of hydrogen-bond donors (Lipinski definition) is 2. The van der Waals surface area contributed by atoms with Gasteiger partial charge in [-0.25, -0.2) is 10.2 Å². The predicted octanol–water partition coefficient (Wildman–Crippen LogP) is 1.93. The first kappa shape index (κ1) is 18.5. The van der Waals surface area contributed by atoms with Crippen LogP contribution >= 0.6 is 0 Å². The molecule has 0 bridgehead atoms. The van der Waals surface area contributed by atoms with E-state index in [4.69, 9.17) is 24.3 Å². The fourth-order valence-electron chi connectivity index (χ4n) is 1.89. The van der Waals surface area contributed by atoms with Crippen LogP contribution in [-0.2, 0) is 11.4 Å². The molecule has 0 aliphatic rings. The lowest BCUT2D eigenvalue weighted by molar-refractivity contribution is -0.120. The smallest absolute Gasteiger partial charge is 0.371 e. The standard InChI is InChI=1S/C17H15N3O6/c1-24-15-8-11(9-19-20-16(21)6-7-18)2-4-13(15)25-10-12-3-5-14(26-12)17(22)23/h2-5,8-9H,6,10H2,1H3,(H,20,21)(H,22,23)/b19-9-. The number of carbonyl (C=O) groups excluding carboxylic acids is 1. The number of methoxy groups -OCH3 is 1. The fourth-order valence-corrected chi connectivity index (χ4v) is 1.89. The fraction of sp³-hybridized carbons (Fsp3) is 0.176. The van der Waals surface area contributed by atoms with Gasteiger partial charge in [0.05, 0.1) is 19.4 Å². The Morgan fingerprint density at radius 2 is 2.15 bits per heavy atom. The molecule has 26 heavy (non-hydrogen) atoms. The molecule has 0 spiro atoms. The van der Waals surface area contributed by atoms with Crippen molar-refractivity contribution in [1.82, 2.24) is 5.43 Å². The lowest BCUT2D eigenvalue weighted by Crippen LogP contribution is -2.16. The minimum absolute atomic E-state index is 0.0291. The average Bonchev–Trinajstić information content (AvgIpc) is 3.10. The number of nitrogens with one attached hydrogen (secondary N) is 1. The number of nitriles is 1. The third-order valence-corrected chi connectivity index (χ3v) is 3.07. The van der Waals surface area contributed by atoms with Crippen molar-refractivity contribution in [2.45, 2.75) is 13.0 Å². The normalized spacial score (nSPS) is 10.3. The second kappa shape index (κ2) is 8.89. The van der Waals surface area contributed by atoms with E-state index in [1.165, 1.54) is 25.5 Å². The zero-order valence-electron chi connectivity index (χ0n) is 13.8. The van der Waals surface area contributed by atoms with Crippen LogP contribution in [0.25, 0.3) is 0 Å². The minimum Gasteiger partial charge on any atom is -0.493 e. The van der Waals surface area contributed by atoms with E-state index < -0.39 is 11.9 Å². The largest absolute Gasteiger partial charge is 0.493 e. The molecule has 0 atom stereocenters. The van der Waals surface area contributed by atoms with Crippen LogP contribution in [0, 0.1) is 11.3 Å². The number of carboxylic acids is 1. The first-order chi connectivity index (χ1) is 12.5. The van der Waals surface area contributed by atoms with Crippen molar-refractivity contribution < 1.29 is 28.6 Å². The molecule has 1 amide bonds. The van der Waals surface area contributed by atoms with Gasteiger partial charge in [-0.1, -0.05) is 0 Å². The van der Waals surface area contributed by atoms with Crippen LogP contribution in [-0.4, -0.2) is 30.3 Å². The van der Waals surface area contributed by atoms with Gasteiger partial charge in [0, 0.05) is 0 Å². The van der Waals surface area contributed by atoms with Gasteiger partial charge in [-0.05, 0) is 35.9 Å². The molecule has 0 saturated heterocycles. The summed E-state index contributed by atoms with van der Waals surface area (Å²) in [5.74, 6) is -0.626. The van der Waals surface area contributed by atoms with Gasteiger partial charge >= 0.3 is 5.97 Å². The molecule has 9 heteroatoms. The topological polar surface area (TPSA) is 134 Å². The van der Waals surface area contributed by atoms with Crippen molar-refractivity contribution in [3.8, 4) is 17.6 Å². The van der Waals surface area contributed by atoms with Gasteiger partial charge in [0.2, 0.25) is 5.76 Å². The van der Waals surface area contributed by atoms with Crippen molar-refractivity contribution >= 4 is 18.1 Å². The molecular formula is C17H15N3O6. The molecule has 2 rings (SSSR count). The summed E-state index contributed by atoms with van der Waals surface area (Å²) in [4.78, 5) is 21.9. The third kappa shape index (κ3) is 5.10. The highest BCUT2D eigenvalue weighted by Crippen LogP contribution is 2.28. The number of furan rings is 1. The number of hydrogen-bond acceptors (Lipinski definition) is 7. The Balaban J connectivity index is 2.01. The number of rotatable bonds is 8. The SMILES string of the molecule is COc1cc(/C=N\NC(=O)CC#N)ccc1OCc1ccc(C(=O)O)o1. The molecule has 1 heterocycles. The summed E-state index contributed by atoms with van der Waals surface area (Å²) in [7, 11) is 1.47. The molecule has 134 valence electrons. The Kier molecular flexibility index (Phi) is 6.34. The number of carboxylic acid groups (broad SMARTS) is 1. The van der Waals surface area contributed by atoms with Crippen LogP contribution in [0.4, 0.5) is 0 Å². The Morgan fingerprint density at radius 1 is 1.35 bits per heavy atom. The molecule has 0 radical (unpaired) electrons. The molecule has 2 aromatic rings. The second-order valence-electron chi connectivity index (χ2n) is 4.90. The number of amides is 1. The molecule has 0 aliphatic heterocycles. The second-order valence-corrected chi connectivity index (χ2v) is 4.90. The zero-order valence-corrected chi connectivity index (χ0v) is 13.8. The van der Waals surface area contributed by atoms with E-state index >= 15 is 0 Å². The van der Waals surface area contributed by atoms with E-state index in [1.807, 2.05) is 0 Å². The number of hydrazone groups is 1.